The van der Waals surface area contributed by atoms with Gasteiger partial charge in [0.15, 0.2) is 0 Å². The molecule has 4 aromatic rings. The maximum absolute atomic E-state index is 13.0. The summed E-state index contributed by atoms with van der Waals surface area (Å²) in [5.41, 5.74) is 1.91. The summed E-state index contributed by atoms with van der Waals surface area (Å²) in [5, 5.41) is 7.66. The first-order chi connectivity index (χ1) is 13.0. The van der Waals surface area contributed by atoms with Crippen molar-refractivity contribution in [1.82, 2.24) is 14.8 Å². The van der Waals surface area contributed by atoms with Gasteiger partial charge < -0.3 is 9.73 Å². The Morgan fingerprint density at radius 3 is 2.81 bits per heavy atom. The first kappa shape index (κ1) is 17.1. The molecule has 0 bridgehead atoms. The van der Waals surface area contributed by atoms with E-state index >= 15 is 0 Å². The summed E-state index contributed by atoms with van der Waals surface area (Å²) in [6.07, 6.45) is 0. The number of benzene rings is 2. The number of nitrogens with one attached hydrogen (secondary N) is 1. The maximum atomic E-state index is 13.0. The number of nitrogens with zero attached hydrogens (tertiary/aromatic N) is 3. The zero-order valence-corrected chi connectivity index (χ0v) is 14.9. The SMILES string of the molecule is Cc1nc2ccc(NC(=O)Cn3nc(-c4ccc(F)cc4)oc3=O)cc2s1. The Morgan fingerprint density at radius 1 is 1.26 bits per heavy atom. The minimum Gasteiger partial charge on any atom is -0.388 e. The van der Waals surface area contributed by atoms with Crippen LogP contribution in [-0.2, 0) is 11.3 Å². The molecular weight excluding hydrogens is 371 g/mol. The lowest BCUT2D eigenvalue weighted by atomic mass is 10.2. The standard InChI is InChI=1S/C18H13FN4O3S/c1-10-20-14-7-6-13(8-15(14)27-10)21-16(24)9-23-18(25)26-17(22-23)11-2-4-12(19)5-3-11/h2-8H,9H2,1H3,(H,21,24). The van der Waals surface area contributed by atoms with Crippen LogP contribution < -0.4 is 11.1 Å². The van der Waals surface area contributed by atoms with Gasteiger partial charge in [-0.25, -0.2) is 14.2 Å². The molecule has 27 heavy (non-hydrogen) atoms. The number of amides is 1. The summed E-state index contributed by atoms with van der Waals surface area (Å²) in [4.78, 5) is 28.5. The Labute approximate surface area is 156 Å². The van der Waals surface area contributed by atoms with E-state index in [1.807, 2.05) is 19.1 Å². The number of aromatic nitrogens is 3. The molecule has 2 aromatic heterocycles. The first-order valence-corrected chi connectivity index (χ1v) is 8.80. The zero-order valence-electron chi connectivity index (χ0n) is 14.1. The Hall–Kier alpha value is -3.33. The van der Waals surface area contributed by atoms with E-state index in [1.165, 1.54) is 35.6 Å². The number of fused-ring (bicyclic) bond motifs is 1. The summed E-state index contributed by atoms with van der Waals surface area (Å²) >= 11 is 1.53. The van der Waals surface area contributed by atoms with Crippen LogP contribution in [0.3, 0.4) is 0 Å². The van der Waals surface area contributed by atoms with Gasteiger partial charge in [0.1, 0.15) is 12.4 Å². The smallest absolute Gasteiger partial charge is 0.388 e. The molecule has 136 valence electrons. The van der Waals surface area contributed by atoms with Crippen molar-refractivity contribution in [2.24, 2.45) is 0 Å². The predicted octanol–water partition coefficient (Wildman–Crippen LogP) is 3.20. The molecule has 0 fully saturated rings. The van der Waals surface area contributed by atoms with Crippen LogP contribution in [0.5, 0.6) is 0 Å². The van der Waals surface area contributed by atoms with E-state index in [2.05, 4.69) is 15.4 Å². The molecular formula is C18H13FN4O3S. The summed E-state index contributed by atoms with van der Waals surface area (Å²) < 4.78 is 19.9. The van der Waals surface area contributed by atoms with E-state index in [0.717, 1.165) is 19.9 Å². The fourth-order valence-corrected chi connectivity index (χ4v) is 3.44. The molecule has 0 aliphatic heterocycles. The molecule has 0 aliphatic rings. The van der Waals surface area contributed by atoms with Gasteiger partial charge in [-0.05, 0) is 49.4 Å². The van der Waals surface area contributed by atoms with Gasteiger partial charge in [0.05, 0.1) is 15.2 Å². The minimum absolute atomic E-state index is 0.0226. The Balaban J connectivity index is 1.50. The molecule has 0 spiro atoms. The quantitative estimate of drug-likeness (QED) is 0.584. The highest BCUT2D eigenvalue weighted by molar-refractivity contribution is 7.18. The van der Waals surface area contributed by atoms with Crippen molar-refractivity contribution in [2.75, 3.05) is 5.32 Å². The van der Waals surface area contributed by atoms with Crippen molar-refractivity contribution in [3.63, 3.8) is 0 Å². The van der Waals surface area contributed by atoms with Crippen molar-refractivity contribution < 1.29 is 13.6 Å². The van der Waals surface area contributed by atoms with E-state index in [4.69, 9.17) is 4.42 Å². The number of carbonyl (C=O) groups is 1. The van der Waals surface area contributed by atoms with Crippen LogP contribution in [0.2, 0.25) is 0 Å². The third-order valence-corrected chi connectivity index (χ3v) is 4.70. The molecule has 1 amide bonds. The summed E-state index contributed by atoms with van der Waals surface area (Å²) in [6, 6.07) is 10.7. The lowest BCUT2D eigenvalue weighted by Gasteiger charge is -2.04. The second-order valence-corrected chi connectivity index (χ2v) is 7.04. The number of hydrogen-bond donors (Lipinski definition) is 1. The molecule has 0 saturated carbocycles. The average Bonchev–Trinajstić information content (AvgIpc) is 3.17. The molecule has 4 rings (SSSR count). The average molecular weight is 384 g/mol. The van der Waals surface area contributed by atoms with E-state index in [-0.39, 0.29) is 12.4 Å². The maximum Gasteiger partial charge on any atom is 0.437 e. The normalized spacial score (nSPS) is 11.0. The van der Waals surface area contributed by atoms with Crippen LogP contribution in [0, 0.1) is 12.7 Å². The van der Waals surface area contributed by atoms with Gasteiger partial charge in [-0.1, -0.05) is 0 Å². The molecule has 1 N–H and O–H groups in total. The van der Waals surface area contributed by atoms with Crippen LogP contribution in [0.25, 0.3) is 21.7 Å². The molecule has 0 atom stereocenters. The molecule has 2 aromatic carbocycles. The van der Waals surface area contributed by atoms with Crippen LogP contribution in [0.4, 0.5) is 10.1 Å². The molecule has 0 aliphatic carbocycles. The highest BCUT2D eigenvalue weighted by Gasteiger charge is 2.14. The van der Waals surface area contributed by atoms with Crippen molar-refractivity contribution >= 4 is 33.1 Å². The van der Waals surface area contributed by atoms with Gasteiger partial charge >= 0.3 is 5.76 Å². The second-order valence-electron chi connectivity index (χ2n) is 5.80. The van der Waals surface area contributed by atoms with Crippen LogP contribution >= 0.6 is 11.3 Å². The van der Waals surface area contributed by atoms with E-state index in [0.29, 0.717) is 11.3 Å². The van der Waals surface area contributed by atoms with Gasteiger partial charge in [0.2, 0.25) is 11.8 Å². The zero-order chi connectivity index (χ0) is 19.0. The van der Waals surface area contributed by atoms with Crippen molar-refractivity contribution in [3.8, 4) is 11.5 Å². The summed E-state index contributed by atoms with van der Waals surface area (Å²) in [6.45, 7) is 1.61. The molecule has 9 heteroatoms. The van der Waals surface area contributed by atoms with Gasteiger partial charge in [0, 0.05) is 11.3 Å². The topological polar surface area (TPSA) is 90.0 Å². The monoisotopic (exact) mass is 384 g/mol. The van der Waals surface area contributed by atoms with Crippen LogP contribution in [0.1, 0.15) is 5.01 Å². The summed E-state index contributed by atoms with van der Waals surface area (Å²) in [7, 11) is 0. The molecule has 2 heterocycles. The summed E-state index contributed by atoms with van der Waals surface area (Å²) in [5.74, 6) is -1.57. The predicted molar refractivity (Wildman–Crippen MR) is 99.1 cm³/mol. The van der Waals surface area contributed by atoms with Crippen molar-refractivity contribution in [2.45, 2.75) is 13.5 Å². The van der Waals surface area contributed by atoms with Crippen molar-refractivity contribution in [3.05, 3.63) is 63.8 Å². The molecule has 7 nitrogen and oxygen atoms in total. The highest BCUT2D eigenvalue weighted by atomic mass is 32.1. The molecule has 0 radical (unpaired) electrons. The Kier molecular flexibility index (Phi) is 4.28. The highest BCUT2D eigenvalue weighted by Crippen LogP contribution is 2.24. The van der Waals surface area contributed by atoms with E-state index in [1.54, 1.807) is 6.07 Å². The van der Waals surface area contributed by atoms with E-state index < -0.39 is 17.5 Å². The fourth-order valence-electron chi connectivity index (χ4n) is 2.57. The van der Waals surface area contributed by atoms with Gasteiger partial charge in [0.25, 0.3) is 0 Å². The second kappa shape index (κ2) is 6.76. The van der Waals surface area contributed by atoms with E-state index in [9.17, 15) is 14.0 Å². The number of thiazole rings is 1. The minimum atomic E-state index is -0.766. The van der Waals surface area contributed by atoms with Crippen molar-refractivity contribution in [1.29, 1.82) is 0 Å². The molecule has 0 unspecified atom stereocenters. The number of halogens is 1. The number of rotatable bonds is 4. The third kappa shape index (κ3) is 3.63. The van der Waals surface area contributed by atoms with Gasteiger partial charge in [-0.3, -0.25) is 4.79 Å². The number of aryl methyl sites for hydroxylation is 1. The molecule has 0 saturated heterocycles. The number of anilines is 1. The fraction of sp³-hybridized carbons (Fsp3) is 0.111. The third-order valence-electron chi connectivity index (χ3n) is 3.77. The van der Waals surface area contributed by atoms with Gasteiger partial charge in [-0.2, -0.15) is 4.68 Å². The lowest BCUT2D eigenvalue weighted by molar-refractivity contribution is -0.117. The lowest BCUT2D eigenvalue weighted by Crippen LogP contribution is -2.25. The number of carbonyl (C=O) groups excluding carboxylic acids is 1. The Morgan fingerprint density at radius 2 is 2.04 bits per heavy atom. The number of hydrogen-bond acceptors (Lipinski definition) is 6. The van der Waals surface area contributed by atoms with Crippen LogP contribution in [0.15, 0.2) is 51.7 Å². The van der Waals surface area contributed by atoms with Gasteiger partial charge in [-0.15, -0.1) is 16.4 Å². The largest absolute Gasteiger partial charge is 0.437 e. The van der Waals surface area contributed by atoms with Crippen LogP contribution in [-0.4, -0.2) is 20.7 Å². The first-order valence-electron chi connectivity index (χ1n) is 7.99. The Bertz CT molecular complexity index is 1190.